The van der Waals surface area contributed by atoms with Gasteiger partial charge >= 0.3 is 0 Å². The Bertz CT molecular complexity index is 1470. The molecule has 0 bridgehead atoms. The summed E-state index contributed by atoms with van der Waals surface area (Å²) in [6.45, 7) is 22.1. The summed E-state index contributed by atoms with van der Waals surface area (Å²) in [5.74, 6) is 0.884. The summed E-state index contributed by atoms with van der Waals surface area (Å²) in [4.78, 5) is 4.75. The Labute approximate surface area is 260 Å². The number of aromatic nitrogens is 5. The van der Waals surface area contributed by atoms with E-state index in [0.29, 0.717) is 25.4 Å². The number of rotatable bonds is 18. The lowest BCUT2D eigenvalue weighted by atomic mass is 9.95. The third-order valence-corrected chi connectivity index (χ3v) is 14.1. The molecule has 0 amide bonds. The van der Waals surface area contributed by atoms with Crippen LogP contribution in [-0.2, 0) is 26.2 Å². The van der Waals surface area contributed by atoms with Gasteiger partial charge in [0.05, 0.1) is 17.0 Å². The molecule has 2 unspecified atom stereocenters. The SMILES string of the molecule is CCCC(CC(C)N(COCC[Si](C)(C)C)S(=O)(=O)C1CC1)c1nnc2cnc3c(c(C)cn3COCC[Si](C)(C)C)n12. The summed E-state index contributed by atoms with van der Waals surface area (Å²) in [7, 11) is -5.87. The Morgan fingerprint density at radius 1 is 1.05 bits per heavy atom. The van der Waals surface area contributed by atoms with Gasteiger partial charge in [-0.15, -0.1) is 10.2 Å². The fourth-order valence-electron chi connectivity index (χ4n) is 5.50. The van der Waals surface area contributed by atoms with E-state index in [9.17, 15) is 8.42 Å². The van der Waals surface area contributed by atoms with Gasteiger partial charge < -0.3 is 14.0 Å². The van der Waals surface area contributed by atoms with Crippen molar-refractivity contribution in [3.05, 3.63) is 23.8 Å². The van der Waals surface area contributed by atoms with Crippen molar-refractivity contribution in [1.29, 1.82) is 0 Å². The molecule has 13 heteroatoms. The van der Waals surface area contributed by atoms with Gasteiger partial charge in [-0.3, -0.25) is 4.40 Å². The normalized spacial score (nSPS) is 16.5. The monoisotopic (exact) mass is 650 g/mol. The summed E-state index contributed by atoms with van der Waals surface area (Å²) < 4.78 is 45.0. The lowest BCUT2D eigenvalue weighted by Gasteiger charge is -2.31. The molecule has 43 heavy (non-hydrogen) atoms. The number of aryl methyl sites for hydroxylation is 1. The zero-order valence-electron chi connectivity index (χ0n) is 27.9. The summed E-state index contributed by atoms with van der Waals surface area (Å²) in [6, 6.07) is 1.89. The summed E-state index contributed by atoms with van der Waals surface area (Å²) in [6.07, 6.45) is 7.80. The predicted octanol–water partition coefficient (Wildman–Crippen LogP) is 6.47. The second-order valence-electron chi connectivity index (χ2n) is 14.9. The molecule has 1 fully saturated rings. The summed E-state index contributed by atoms with van der Waals surface area (Å²) in [5, 5.41) is 8.91. The number of nitrogens with zero attached hydrogens (tertiary/aromatic N) is 6. The van der Waals surface area contributed by atoms with Gasteiger partial charge in [0.25, 0.3) is 0 Å². The molecule has 3 aromatic rings. The molecule has 3 aromatic heterocycles. The average molecular weight is 651 g/mol. The molecule has 1 aliphatic rings. The van der Waals surface area contributed by atoms with Crippen molar-refractivity contribution in [3.63, 3.8) is 0 Å². The molecule has 4 rings (SSSR count). The molecule has 1 saturated carbocycles. The highest BCUT2D eigenvalue weighted by Crippen LogP contribution is 2.35. The third kappa shape index (κ3) is 8.75. The fourth-order valence-corrected chi connectivity index (χ4v) is 8.93. The van der Waals surface area contributed by atoms with Crippen LogP contribution in [0.25, 0.3) is 16.8 Å². The molecule has 0 N–H and O–H groups in total. The van der Waals surface area contributed by atoms with E-state index in [1.807, 2.05) is 6.92 Å². The van der Waals surface area contributed by atoms with Crippen molar-refractivity contribution in [1.82, 2.24) is 28.5 Å². The minimum Gasteiger partial charge on any atom is -0.365 e. The van der Waals surface area contributed by atoms with E-state index in [-0.39, 0.29) is 23.9 Å². The Hall–Kier alpha value is -1.65. The van der Waals surface area contributed by atoms with Crippen LogP contribution in [0.1, 0.15) is 63.3 Å². The van der Waals surface area contributed by atoms with Crippen LogP contribution in [0.4, 0.5) is 0 Å². The number of sulfonamides is 1. The zero-order chi connectivity index (χ0) is 31.6. The maximum atomic E-state index is 13.5. The van der Waals surface area contributed by atoms with E-state index in [0.717, 1.165) is 66.9 Å². The Balaban J connectivity index is 1.60. The Morgan fingerprint density at radius 2 is 1.70 bits per heavy atom. The second kappa shape index (κ2) is 13.8. The van der Waals surface area contributed by atoms with Crippen LogP contribution in [0.2, 0.25) is 51.4 Å². The summed E-state index contributed by atoms with van der Waals surface area (Å²) >= 11 is 0. The molecule has 1 aliphatic carbocycles. The molecule has 0 aliphatic heterocycles. The van der Waals surface area contributed by atoms with Crippen molar-refractivity contribution in [2.45, 2.75) is 128 Å². The molecular weight excluding hydrogens is 597 g/mol. The van der Waals surface area contributed by atoms with Crippen LogP contribution < -0.4 is 0 Å². The van der Waals surface area contributed by atoms with Gasteiger partial charge in [-0.05, 0) is 57.2 Å². The largest absolute Gasteiger partial charge is 0.365 e. The molecule has 3 heterocycles. The highest BCUT2D eigenvalue weighted by molar-refractivity contribution is 7.90. The summed E-state index contributed by atoms with van der Waals surface area (Å²) in [5.41, 5.74) is 3.61. The van der Waals surface area contributed by atoms with Crippen LogP contribution in [-0.4, -0.2) is 84.3 Å². The minimum absolute atomic E-state index is 0.0234. The lowest BCUT2D eigenvalue weighted by molar-refractivity contribution is 0.0609. The van der Waals surface area contributed by atoms with Gasteiger partial charge in [-0.2, -0.15) is 4.31 Å². The number of hydrogen-bond acceptors (Lipinski definition) is 7. The van der Waals surface area contributed by atoms with Crippen molar-refractivity contribution in [2.75, 3.05) is 19.9 Å². The predicted molar refractivity (Wildman–Crippen MR) is 180 cm³/mol. The van der Waals surface area contributed by atoms with E-state index < -0.39 is 26.2 Å². The van der Waals surface area contributed by atoms with E-state index >= 15 is 0 Å². The first-order valence-corrected chi connectivity index (χ1v) is 24.9. The van der Waals surface area contributed by atoms with Crippen molar-refractivity contribution >= 4 is 43.0 Å². The van der Waals surface area contributed by atoms with Gasteiger partial charge in [0.1, 0.15) is 19.3 Å². The highest BCUT2D eigenvalue weighted by atomic mass is 32.2. The van der Waals surface area contributed by atoms with Crippen LogP contribution in [0.3, 0.4) is 0 Å². The van der Waals surface area contributed by atoms with Gasteiger partial charge in [-0.1, -0.05) is 52.6 Å². The number of fused-ring (bicyclic) bond motifs is 3. The molecule has 0 saturated heterocycles. The van der Waals surface area contributed by atoms with Crippen molar-refractivity contribution in [2.24, 2.45) is 0 Å². The number of ether oxygens (including phenoxy) is 2. The third-order valence-electron chi connectivity index (χ3n) is 8.28. The van der Waals surface area contributed by atoms with E-state index in [1.54, 1.807) is 10.5 Å². The lowest BCUT2D eigenvalue weighted by Crippen LogP contribution is -2.43. The first kappa shape index (κ1) is 34.2. The van der Waals surface area contributed by atoms with Crippen molar-refractivity contribution in [3.8, 4) is 0 Å². The van der Waals surface area contributed by atoms with Crippen molar-refractivity contribution < 1.29 is 17.9 Å². The van der Waals surface area contributed by atoms with Gasteiger partial charge in [0.15, 0.2) is 11.3 Å². The molecule has 0 radical (unpaired) electrons. The van der Waals surface area contributed by atoms with Crippen LogP contribution >= 0.6 is 0 Å². The Morgan fingerprint density at radius 3 is 2.30 bits per heavy atom. The van der Waals surface area contributed by atoms with Crippen LogP contribution in [0.15, 0.2) is 12.4 Å². The topological polar surface area (TPSA) is 104 Å². The first-order valence-electron chi connectivity index (χ1n) is 16.0. The maximum Gasteiger partial charge on any atom is 0.219 e. The van der Waals surface area contributed by atoms with Gasteiger partial charge in [0, 0.05) is 47.5 Å². The van der Waals surface area contributed by atoms with Gasteiger partial charge in [0.2, 0.25) is 10.0 Å². The van der Waals surface area contributed by atoms with E-state index in [1.165, 1.54) is 0 Å². The maximum absolute atomic E-state index is 13.5. The molecule has 0 aromatic carbocycles. The molecule has 0 spiro atoms. The smallest absolute Gasteiger partial charge is 0.219 e. The second-order valence-corrected chi connectivity index (χ2v) is 28.3. The zero-order valence-corrected chi connectivity index (χ0v) is 30.7. The highest BCUT2D eigenvalue weighted by Gasteiger charge is 2.42. The van der Waals surface area contributed by atoms with Crippen LogP contribution in [0.5, 0.6) is 0 Å². The molecule has 242 valence electrons. The first-order chi connectivity index (χ1) is 20.1. The van der Waals surface area contributed by atoms with E-state index in [2.05, 4.69) is 78.5 Å². The molecule has 10 nitrogen and oxygen atoms in total. The number of hydrogen-bond donors (Lipinski definition) is 0. The molecule has 2 atom stereocenters. The van der Waals surface area contributed by atoms with Crippen LogP contribution in [0, 0.1) is 6.92 Å². The fraction of sp³-hybridized carbons (Fsp3) is 0.767. The Kier molecular flexibility index (Phi) is 11.0. The average Bonchev–Trinajstić information content (AvgIpc) is 3.61. The standard InChI is InChI=1S/C30H54N6O4SSi2/c1-10-11-25(18-24(3)35(41(37,38)26-12-13-26)22-40-15-17-43(7,8)9)29-33-32-27-19-31-30-28(36(27)29)23(2)20-34(30)21-39-14-16-42(4,5)6/h19-20,24-26H,10-18,21-22H2,1-9H3. The molecular formula is C30H54N6O4SSi2. The van der Waals surface area contributed by atoms with Gasteiger partial charge in [-0.25, -0.2) is 13.4 Å². The van der Waals surface area contributed by atoms with E-state index in [4.69, 9.17) is 14.5 Å². The minimum atomic E-state index is -3.42. The quantitative estimate of drug-likeness (QED) is 0.0883.